The molecular weight excluding hydrogens is 529 g/mol. The maximum absolute atomic E-state index is 5.35. The summed E-state index contributed by atoms with van der Waals surface area (Å²) < 4.78 is 3.75. The number of thiophene rings is 1. The van der Waals surface area contributed by atoms with Crippen LogP contribution in [0.5, 0.6) is 0 Å². The highest BCUT2D eigenvalue weighted by Gasteiger charge is 2.26. The number of aromatic nitrogens is 2. The lowest BCUT2D eigenvalue weighted by Crippen LogP contribution is -2.13. The zero-order valence-electron chi connectivity index (χ0n) is 24.8. The standard InChI is InChI=1S/C39H34N2S/c1-25-20-26(2)37-32(21-25)33(24-42-37)38-40-34-18-12-13-19-35(34)41(38)36-30(27-14-8-6-9-15-27)22-29(39(3,4)5)23-31(36)28-16-10-7-11-17-28/h6-24H,1-5H3. The molecule has 0 atom stereocenters. The molecule has 2 nitrogen and oxygen atoms in total. The van der Waals surface area contributed by atoms with Crippen LogP contribution in [0.25, 0.3) is 60.4 Å². The van der Waals surface area contributed by atoms with Crippen LogP contribution in [0, 0.1) is 13.8 Å². The SMILES string of the molecule is Cc1cc(C)c2scc(-c3nc4ccccc4n3-c3c(-c4ccccc4)cc(C(C)(C)C)cc3-c3ccccc3)c2c1. The number of fused-ring (bicyclic) bond motifs is 2. The zero-order chi connectivity index (χ0) is 29.0. The molecule has 0 bridgehead atoms. The summed E-state index contributed by atoms with van der Waals surface area (Å²) in [4.78, 5) is 5.35. The Bertz CT molecular complexity index is 2010. The lowest BCUT2D eigenvalue weighted by atomic mass is 9.82. The number of rotatable bonds is 4. The molecule has 0 fully saturated rings. The van der Waals surface area contributed by atoms with Gasteiger partial charge in [0, 0.05) is 32.2 Å². The second kappa shape index (κ2) is 10.1. The Kier molecular flexibility index (Phi) is 6.36. The number of hydrogen-bond acceptors (Lipinski definition) is 2. The van der Waals surface area contributed by atoms with E-state index in [2.05, 4.69) is 154 Å². The van der Waals surface area contributed by atoms with Crippen molar-refractivity contribution in [3.63, 3.8) is 0 Å². The van der Waals surface area contributed by atoms with Gasteiger partial charge in [-0.05, 0) is 71.8 Å². The van der Waals surface area contributed by atoms with E-state index in [0.717, 1.165) is 22.5 Å². The number of imidazole rings is 1. The highest BCUT2D eigenvalue weighted by molar-refractivity contribution is 7.18. The Morgan fingerprint density at radius 3 is 1.88 bits per heavy atom. The first kappa shape index (κ1) is 26.4. The van der Waals surface area contributed by atoms with Gasteiger partial charge in [0.25, 0.3) is 0 Å². The molecule has 0 amide bonds. The van der Waals surface area contributed by atoms with Crippen LogP contribution >= 0.6 is 11.3 Å². The molecule has 0 spiro atoms. The van der Waals surface area contributed by atoms with E-state index in [1.807, 2.05) is 11.3 Å². The maximum Gasteiger partial charge on any atom is 0.147 e. The molecule has 7 aromatic rings. The summed E-state index contributed by atoms with van der Waals surface area (Å²) in [5.74, 6) is 0.977. The molecule has 3 heteroatoms. The first-order chi connectivity index (χ1) is 20.3. The summed E-state index contributed by atoms with van der Waals surface area (Å²) in [7, 11) is 0. The Hall–Kier alpha value is -4.47. The third kappa shape index (κ3) is 4.45. The van der Waals surface area contributed by atoms with Gasteiger partial charge in [-0.25, -0.2) is 4.98 Å². The van der Waals surface area contributed by atoms with Gasteiger partial charge in [0.2, 0.25) is 0 Å². The second-order valence-electron chi connectivity index (χ2n) is 12.3. The molecule has 0 saturated heterocycles. The largest absolute Gasteiger partial charge is 0.291 e. The van der Waals surface area contributed by atoms with Crippen LogP contribution in [0.15, 0.2) is 115 Å². The summed E-state index contributed by atoms with van der Waals surface area (Å²) in [5, 5.41) is 3.56. The minimum absolute atomic E-state index is 0.0238. The van der Waals surface area contributed by atoms with E-state index in [-0.39, 0.29) is 5.41 Å². The van der Waals surface area contributed by atoms with Gasteiger partial charge in [-0.15, -0.1) is 11.3 Å². The molecular formula is C39H34N2S. The van der Waals surface area contributed by atoms with Crippen molar-refractivity contribution in [3.8, 4) is 39.3 Å². The van der Waals surface area contributed by atoms with Gasteiger partial charge >= 0.3 is 0 Å². The van der Waals surface area contributed by atoms with Crippen molar-refractivity contribution in [1.29, 1.82) is 0 Å². The van der Waals surface area contributed by atoms with E-state index in [1.54, 1.807) is 0 Å². The van der Waals surface area contributed by atoms with E-state index in [4.69, 9.17) is 4.98 Å². The van der Waals surface area contributed by atoms with Gasteiger partial charge in [0.15, 0.2) is 0 Å². The molecule has 0 unspecified atom stereocenters. The summed E-state index contributed by atoms with van der Waals surface area (Å²) in [6.07, 6.45) is 0. The van der Waals surface area contributed by atoms with Crippen LogP contribution in [0.1, 0.15) is 37.5 Å². The summed E-state index contributed by atoms with van der Waals surface area (Å²) in [6, 6.07) is 39.6. The lowest BCUT2D eigenvalue weighted by molar-refractivity contribution is 0.590. The predicted molar refractivity (Wildman–Crippen MR) is 181 cm³/mol. The fraction of sp³-hybridized carbons (Fsp3) is 0.154. The van der Waals surface area contributed by atoms with Gasteiger partial charge in [-0.1, -0.05) is 105 Å². The summed E-state index contributed by atoms with van der Waals surface area (Å²) in [6.45, 7) is 11.3. The predicted octanol–water partition coefficient (Wildman–Crippen LogP) is 11.2. The molecule has 0 aliphatic heterocycles. The third-order valence-corrected chi connectivity index (χ3v) is 9.31. The molecule has 0 N–H and O–H groups in total. The highest BCUT2D eigenvalue weighted by atomic mass is 32.1. The number of nitrogens with zero attached hydrogens (tertiary/aromatic N) is 2. The van der Waals surface area contributed by atoms with Crippen LogP contribution in [-0.4, -0.2) is 9.55 Å². The Morgan fingerprint density at radius 1 is 0.667 bits per heavy atom. The average Bonchev–Trinajstić information content (AvgIpc) is 3.58. The van der Waals surface area contributed by atoms with E-state index >= 15 is 0 Å². The minimum atomic E-state index is -0.0238. The first-order valence-corrected chi connectivity index (χ1v) is 15.4. The van der Waals surface area contributed by atoms with Crippen molar-refractivity contribution >= 4 is 32.5 Å². The number of aryl methyl sites for hydroxylation is 2. The fourth-order valence-corrected chi connectivity index (χ4v) is 7.09. The smallest absolute Gasteiger partial charge is 0.147 e. The van der Waals surface area contributed by atoms with Crippen LogP contribution in [-0.2, 0) is 5.41 Å². The Morgan fingerprint density at radius 2 is 1.26 bits per heavy atom. The molecule has 2 heterocycles. The number of benzene rings is 5. The highest BCUT2D eigenvalue weighted by Crippen LogP contribution is 2.45. The Balaban J connectivity index is 1.67. The molecule has 0 saturated carbocycles. The number of hydrogen-bond donors (Lipinski definition) is 0. The normalized spacial score (nSPS) is 11.9. The lowest BCUT2D eigenvalue weighted by Gasteiger charge is -2.26. The molecule has 0 aliphatic rings. The quantitative estimate of drug-likeness (QED) is 0.209. The molecule has 5 aromatic carbocycles. The number of para-hydroxylation sites is 2. The van der Waals surface area contributed by atoms with Gasteiger partial charge in [-0.3, -0.25) is 4.57 Å². The van der Waals surface area contributed by atoms with Crippen molar-refractivity contribution in [2.45, 2.75) is 40.0 Å². The first-order valence-electron chi connectivity index (χ1n) is 14.6. The van der Waals surface area contributed by atoms with Crippen molar-refractivity contribution < 1.29 is 0 Å². The second-order valence-corrected chi connectivity index (χ2v) is 13.1. The summed E-state index contributed by atoms with van der Waals surface area (Å²) >= 11 is 1.81. The van der Waals surface area contributed by atoms with E-state index in [0.29, 0.717) is 0 Å². The topological polar surface area (TPSA) is 17.8 Å². The van der Waals surface area contributed by atoms with Gasteiger partial charge in [0.1, 0.15) is 5.82 Å². The van der Waals surface area contributed by atoms with Gasteiger partial charge in [-0.2, -0.15) is 0 Å². The molecule has 7 rings (SSSR count). The molecule has 2 aromatic heterocycles. The monoisotopic (exact) mass is 562 g/mol. The van der Waals surface area contributed by atoms with Crippen molar-refractivity contribution in [2.75, 3.05) is 0 Å². The van der Waals surface area contributed by atoms with Crippen molar-refractivity contribution in [1.82, 2.24) is 9.55 Å². The zero-order valence-corrected chi connectivity index (χ0v) is 25.6. The Labute approximate surface area is 251 Å². The molecule has 0 aliphatic carbocycles. The van der Waals surface area contributed by atoms with Crippen molar-refractivity contribution in [2.24, 2.45) is 0 Å². The van der Waals surface area contributed by atoms with E-state index in [9.17, 15) is 0 Å². The van der Waals surface area contributed by atoms with Crippen molar-refractivity contribution in [3.05, 3.63) is 131 Å². The average molecular weight is 563 g/mol. The minimum Gasteiger partial charge on any atom is -0.291 e. The molecule has 42 heavy (non-hydrogen) atoms. The third-order valence-electron chi connectivity index (χ3n) is 8.17. The van der Waals surface area contributed by atoms with Crippen LogP contribution in [0.2, 0.25) is 0 Å². The van der Waals surface area contributed by atoms with E-state index in [1.165, 1.54) is 54.6 Å². The maximum atomic E-state index is 5.35. The van der Waals surface area contributed by atoms with Gasteiger partial charge in [0.05, 0.1) is 16.7 Å². The fourth-order valence-electron chi connectivity index (χ4n) is 6.08. The van der Waals surface area contributed by atoms with Crippen LogP contribution < -0.4 is 0 Å². The molecule has 0 radical (unpaired) electrons. The van der Waals surface area contributed by atoms with Crippen LogP contribution in [0.3, 0.4) is 0 Å². The summed E-state index contributed by atoms with van der Waals surface area (Å²) in [5.41, 5.74) is 13.1. The van der Waals surface area contributed by atoms with Crippen LogP contribution in [0.4, 0.5) is 0 Å². The molecule has 206 valence electrons. The van der Waals surface area contributed by atoms with E-state index < -0.39 is 0 Å². The van der Waals surface area contributed by atoms with Gasteiger partial charge < -0.3 is 0 Å².